The van der Waals surface area contributed by atoms with Crippen molar-refractivity contribution < 1.29 is 0 Å². The van der Waals surface area contributed by atoms with Crippen molar-refractivity contribution in [3.8, 4) is 0 Å². The van der Waals surface area contributed by atoms with Gasteiger partial charge in [-0.05, 0) is 38.2 Å². The second-order valence-corrected chi connectivity index (χ2v) is 5.84. The van der Waals surface area contributed by atoms with E-state index in [-0.39, 0.29) is 5.54 Å². The Labute approximate surface area is 105 Å². The highest BCUT2D eigenvalue weighted by molar-refractivity contribution is 5.28. The molecule has 0 spiro atoms. The van der Waals surface area contributed by atoms with Crippen LogP contribution in [0.25, 0.3) is 0 Å². The standard InChI is InChI=1S/C16H25N/c1-13-8-7-11-15(12-13)16(2,17)14-9-5-3-4-6-10-14/h7-8,11-12,14H,3-6,9-10,17H2,1-2H3. The molecule has 1 aromatic rings. The summed E-state index contributed by atoms with van der Waals surface area (Å²) < 4.78 is 0. The van der Waals surface area contributed by atoms with Crippen LogP contribution in [0.4, 0.5) is 0 Å². The van der Waals surface area contributed by atoms with E-state index in [1.54, 1.807) is 0 Å². The van der Waals surface area contributed by atoms with Gasteiger partial charge in [0.1, 0.15) is 0 Å². The summed E-state index contributed by atoms with van der Waals surface area (Å²) in [6.07, 6.45) is 8.06. The van der Waals surface area contributed by atoms with Crippen LogP contribution < -0.4 is 5.73 Å². The van der Waals surface area contributed by atoms with Crippen LogP contribution in [0.15, 0.2) is 24.3 Å². The van der Waals surface area contributed by atoms with Gasteiger partial charge in [-0.1, -0.05) is 55.5 Å². The summed E-state index contributed by atoms with van der Waals surface area (Å²) in [7, 11) is 0. The van der Waals surface area contributed by atoms with Crippen LogP contribution in [0.2, 0.25) is 0 Å². The normalized spacial score (nSPS) is 21.8. The molecule has 1 heteroatoms. The summed E-state index contributed by atoms with van der Waals surface area (Å²) in [5, 5.41) is 0. The Morgan fingerprint density at radius 3 is 2.35 bits per heavy atom. The minimum absolute atomic E-state index is 0.156. The first-order chi connectivity index (χ1) is 8.10. The van der Waals surface area contributed by atoms with Gasteiger partial charge in [-0.3, -0.25) is 0 Å². The third-order valence-corrected chi connectivity index (χ3v) is 4.34. The molecule has 1 unspecified atom stereocenters. The largest absolute Gasteiger partial charge is 0.321 e. The van der Waals surface area contributed by atoms with Crippen molar-refractivity contribution in [2.75, 3.05) is 0 Å². The number of benzene rings is 1. The topological polar surface area (TPSA) is 26.0 Å². The average molecular weight is 231 g/mol. The fourth-order valence-electron chi connectivity index (χ4n) is 3.09. The average Bonchev–Trinajstić information content (AvgIpc) is 2.58. The van der Waals surface area contributed by atoms with Gasteiger partial charge < -0.3 is 5.73 Å². The monoisotopic (exact) mass is 231 g/mol. The molecule has 0 bridgehead atoms. The van der Waals surface area contributed by atoms with Gasteiger partial charge in [0, 0.05) is 5.54 Å². The lowest BCUT2D eigenvalue weighted by Gasteiger charge is -2.34. The predicted molar refractivity (Wildman–Crippen MR) is 73.9 cm³/mol. The molecule has 1 nitrogen and oxygen atoms in total. The van der Waals surface area contributed by atoms with E-state index in [0.29, 0.717) is 5.92 Å². The van der Waals surface area contributed by atoms with Crippen LogP contribution >= 0.6 is 0 Å². The lowest BCUT2D eigenvalue weighted by molar-refractivity contribution is 0.268. The highest BCUT2D eigenvalue weighted by Crippen LogP contribution is 2.36. The van der Waals surface area contributed by atoms with Crippen LogP contribution in [-0.2, 0) is 5.54 Å². The molecule has 1 atom stereocenters. The third-order valence-electron chi connectivity index (χ3n) is 4.34. The number of hydrogen-bond acceptors (Lipinski definition) is 1. The molecule has 2 rings (SSSR count). The van der Waals surface area contributed by atoms with Crippen molar-refractivity contribution in [3.05, 3.63) is 35.4 Å². The maximum atomic E-state index is 6.65. The van der Waals surface area contributed by atoms with Gasteiger partial charge in [-0.25, -0.2) is 0 Å². The number of rotatable bonds is 2. The van der Waals surface area contributed by atoms with E-state index in [2.05, 4.69) is 38.1 Å². The van der Waals surface area contributed by atoms with Crippen LogP contribution in [0.5, 0.6) is 0 Å². The number of hydrogen-bond donors (Lipinski definition) is 1. The second kappa shape index (κ2) is 5.22. The van der Waals surface area contributed by atoms with Gasteiger partial charge in [-0.2, -0.15) is 0 Å². The van der Waals surface area contributed by atoms with Crippen molar-refractivity contribution in [1.82, 2.24) is 0 Å². The number of aryl methyl sites for hydroxylation is 1. The first-order valence-corrected chi connectivity index (χ1v) is 6.97. The van der Waals surface area contributed by atoms with Crippen LogP contribution in [-0.4, -0.2) is 0 Å². The van der Waals surface area contributed by atoms with Crippen molar-refractivity contribution in [3.63, 3.8) is 0 Å². The Hall–Kier alpha value is -0.820. The third kappa shape index (κ3) is 2.90. The Bertz CT molecular complexity index is 360. The molecule has 0 aromatic heterocycles. The molecular formula is C16H25N. The quantitative estimate of drug-likeness (QED) is 0.761. The van der Waals surface area contributed by atoms with Gasteiger partial charge in [0.15, 0.2) is 0 Å². The van der Waals surface area contributed by atoms with Gasteiger partial charge in [0.2, 0.25) is 0 Å². The van der Waals surface area contributed by atoms with Crippen LogP contribution in [0.1, 0.15) is 56.6 Å². The molecular weight excluding hydrogens is 206 g/mol. The summed E-state index contributed by atoms with van der Waals surface area (Å²) in [6.45, 7) is 4.37. The molecule has 1 aromatic carbocycles. The summed E-state index contributed by atoms with van der Waals surface area (Å²) >= 11 is 0. The van der Waals surface area contributed by atoms with Crippen molar-refractivity contribution >= 4 is 0 Å². The molecule has 1 saturated carbocycles. The predicted octanol–water partition coefficient (Wildman–Crippen LogP) is 4.14. The summed E-state index contributed by atoms with van der Waals surface area (Å²) in [5.41, 5.74) is 9.12. The lowest BCUT2D eigenvalue weighted by Crippen LogP contribution is -2.41. The van der Waals surface area contributed by atoms with Crippen molar-refractivity contribution in [2.45, 2.75) is 57.9 Å². The molecule has 1 aliphatic rings. The fraction of sp³-hybridized carbons (Fsp3) is 0.625. The van der Waals surface area contributed by atoms with Crippen molar-refractivity contribution in [1.29, 1.82) is 0 Å². The lowest BCUT2D eigenvalue weighted by atomic mass is 9.76. The maximum Gasteiger partial charge on any atom is 0.0409 e. The minimum atomic E-state index is -0.156. The summed E-state index contributed by atoms with van der Waals surface area (Å²) in [6, 6.07) is 8.72. The molecule has 0 saturated heterocycles. The molecule has 0 amide bonds. The zero-order chi connectivity index (χ0) is 12.3. The highest BCUT2D eigenvalue weighted by atomic mass is 14.7. The molecule has 1 aliphatic carbocycles. The van der Waals surface area contributed by atoms with Crippen molar-refractivity contribution in [2.24, 2.45) is 11.7 Å². The van der Waals surface area contributed by atoms with E-state index in [0.717, 1.165) is 0 Å². The van der Waals surface area contributed by atoms with Gasteiger partial charge in [0.25, 0.3) is 0 Å². The number of nitrogens with two attached hydrogens (primary N) is 1. The summed E-state index contributed by atoms with van der Waals surface area (Å²) in [4.78, 5) is 0. The summed E-state index contributed by atoms with van der Waals surface area (Å²) in [5.74, 6) is 0.645. The minimum Gasteiger partial charge on any atom is -0.321 e. The SMILES string of the molecule is Cc1cccc(C(C)(N)C2CCCCCC2)c1. The highest BCUT2D eigenvalue weighted by Gasteiger charge is 2.31. The first-order valence-electron chi connectivity index (χ1n) is 6.97. The second-order valence-electron chi connectivity index (χ2n) is 5.84. The molecule has 1 fully saturated rings. The van der Waals surface area contributed by atoms with E-state index < -0.39 is 0 Å². The molecule has 0 aliphatic heterocycles. The molecule has 0 heterocycles. The Morgan fingerprint density at radius 1 is 1.12 bits per heavy atom. The van der Waals surface area contributed by atoms with E-state index >= 15 is 0 Å². The van der Waals surface area contributed by atoms with Crippen LogP contribution in [0, 0.1) is 12.8 Å². The maximum absolute atomic E-state index is 6.65. The fourth-order valence-corrected chi connectivity index (χ4v) is 3.09. The smallest absolute Gasteiger partial charge is 0.0409 e. The first kappa shape index (κ1) is 12.6. The molecule has 0 radical (unpaired) electrons. The zero-order valence-electron chi connectivity index (χ0n) is 11.2. The zero-order valence-corrected chi connectivity index (χ0v) is 11.2. The van der Waals surface area contributed by atoms with E-state index in [1.807, 2.05) is 0 Å². The Kier molecular flexibility index (Phi) is 3.88. The van der Waals surface area contributed by atoms with E-state index in [4.69, 9.17) is 5.73 Å². The molecule has 17 heavy (non-hydrogen) atoms. The Morgan fingerprint density at radius 2 is 1.76 bits per heavy atom. The van der Waals surface area contributed by atoms with Crippen LogP contribution in [0.3, 0.4) is 0 Å². The van der Waals surface area contributed by atoms with Gasteiger partial charge in [0.05, 0.1) is 0 Å². The van der Waals surface area contributed by atoms with Gasteiger partial charge >= 0.3 is 0 Å². The van der Waals surface area contributed by atoms with E-state index in [9.17, 15) is 0 Å². The van der Waals surface area contributed by atoms with Gasteiger partial charge in [-0.15, -0.1) is 0 Å². The van der Waals surface area contributed by atoms with E-state index in [1.165, 1.54) is 49.7 Å². The Balaban J connectivity index is 2.21. The molecule has 94 valence electrons. The molecule has 2 N–H and O–H groups in total.